The molecule has 0 unspecified atom stereocenters. The number of rotatable bonds is 2. The average Bonchev–Trinajstić information content (AvgIpc) is 2.27. The Hall–Kier alpha value is -2.05. The molecule has 1 amide bonds. The van der Waals surface area contributed by atoms with Crippen LogP contribution in [-0.2, 0) is 4.79 Å². The Labute approximate surface area is 104 Å². The molecule has 1 fully saturated rings. The van der Waals surface area contributed by atoms with Gasteiger partial charge >= 0.3 is 0 Å². The molecule has 18 heavy (non-hydrogen) atoms. The summed E-state index contributed by atoms with van der Waals surface area (Å²) in [6.07, 6.45) is 1.88. The van der Waals surface area contributed by atoms with Crippen LogP contribution < -0.4 is 16.6 Å². The molecule has 4 N–H and O–H groups in total. The molecule has 98 valence electrons. The molecule has 0 bridgehead atoms. The zero-order chi connectivity index (χ0) is 13.1. The van der Waals surface area contributed by atoms with Crippen molar-refractivity contribution in [2.45, 2.75) is 25.8 Å². The summed E-state index contributed by atoms with van der Waals surface area (Å²) in [4.78, 5) is 30.7. The van der Waals surface area contributed by atoms with Crippen molar-refractivity contribution < 1.29 is 4.79 Å². The summed E-state index contributed by atoms with van der Waals surface area (Å²) in [6, 6.07) is 1.47. The van der Waals surface area contributed by atoms with Gasteiger partial charge in [-0.25, -0.2) is 0 Å². The Morgan fingerprint density at radius 2 is 2.44 bits per heavy atom. The molecule has 1 aliphatic rings. The Bertz CT molecular complexity index is 498. The van der Waals surface area contributed by atoms with Gasteiger partial charge in [0.15, 0.2) is 0 Å². The number of hydrogen-bond acceptors (Lipinski definition) is 5. The average molecular weight is 251 g/mol. The largest absolute Gasteiger partial charge is 0.369 e. The summed E-state index contributed by atoms with van der Waals surface area (Å²) in [5, 5.41) is 3.14. The molecular weight excluding hydrogens is 234 g/mol. The fraction of sp³-hybridized carbons (Fsp3) is 0.545. The van der Waals surface area contributed by atoms with Gasteiger partial charge < -0.3 is 16.0 Å². The lowest BCUT2D eigenvalue weighted by atomic mass is 10.1. The van der Waals surface area contributed by atoms with Crippen LogP contribution in [0.25, 0.3) is 0 Å². The summed E-state index contributed by atoms with van der Waals surface area (Å²) in [7, 11) is 0. The lowest BCUT2D eigenvalue weighted by Gasteiger charge is -2.32. The molecule has 2 heterocycles. The normalized spacial score (nSPS) is 19.6. The highest BCUT2D eigenvalue weighted by Crippen LogP contribution is 2.14. The van der Waals surface area contributed by atoms with Crippen LogP contribution in [0.3, 0.4) is 0 Å². The highest BCUT2D eigenvalue weighted by atomic mass is 16.2. The molecule has 0 saturated carbocycles. The molecule has 0 aromatic carbocycles. The van der Waals surface area contributed by atoms with Gasteiger partial charge in [-0.15, -0.1) is 0 Å². The van der Waals surface area contributed by atoms with E-state index in [-0.39, 0.29) is 23.5 Å². The quantitative estimate of drug-likeness (QED) is 0.673. The molecule has 0 spiro atoms. The number of H-pyrrole nitrogens is 1. The van der Waals surface area contributed by atoms with Gasteiger partial charge in [0.2, 0.25) is 11.9 Å². The number of aromatic amines is 1. The molecule has 7 nitrogen and oxygen atoms in total. The number of nitrogen functional groups attached to an aromatic ring is 1. The third-order valence-corrected chi connectivity index (χ3v) is 2.98. The number of aromatic nitrogens is 2. The minimum absolute atomic E-state index is 0.0693. The van der Waals surface area contributed by atoms with E-state index in [9.17, 15) is 9.59 Å². The van der Waals surface area contributed by atoms with E-state index in [0.717, 1.165) is 19.4 Å². The van der Waals surface area contributed by atoms with Crippen molar-refractivity contribution in [3.63, 3.8) is 0 Å². The van der Waals surface area contributed by atoms with Gasteiger partial charge in [0.05, 0.1) is 0 Å². The Kier molecular flexibility index (Phi) is 3.50. The lowest BCUT2D eigenvalue weighted by molar-refractivity contribution is -0.129. The maximum atomic E-state index is 11.3. The summed E-state index contributed by atoms with van der Waals surface area (Å²) in [6.45, 7) is 2.98. The highest BCUT2D eigenvalue weighted by molar-refractivity contribution is 5.73. The summed E-state index contributed by atoms with van der Waals surface area (Å²) in [5.74, 6) is 0.607. The third kappa shape index (κ3) is 2.99. The Morgan fingerprint density at radius 1 is 1.67 bits per heavy atom. The number of carbonyl (C=O) groups is 1. The molecule has 0 radical (unpaired) electrons. The number of piperidine rings is 1. The number of hydrogen-bond donors (Lipinski definition) is 3. The van der Waals surface area contributed by atoms with Crippen LogP contribution in [0.15, 0.2) is 10.9 Å². The summed E-state index contributed by atoms with van der Waals surface area (Å²) < 4.78 is 0. The second kappa shape index (κ2) is 5.07. The molecule has 1 aliphatic heterocycles. The maximum Gasteiger partial charge on any atom is 0.254 e. The second-order valence-corrected chi connectivity index (χ2v) is 4.46. The molecule has 0 aliphatic carbocycles. The minimum Gasteiger partial charge on any atom is -0.369 e. The number of amides is 1. The standard InChI is InChI=1S/C11H17N5O2/c1-7(17)16-4-2-3-8(6-16)13-9-5-10(18)15-11(12)14-9/h5,8H,2-4,6H2,1H3,(H4,12,13,14,15,18)/t8-/m1/s1. The van der Waals surface area contributed by atoms with Crippen LogP contribution in [0.5, 0.6) is 0 Å². The first-order valence-electron chi connectivity index (χ1n) is 5.93. The number of anilines is 2. The summed E-state index contributed by atoms with van der Waals surface area (Å²) in [5.41, 5.74) is 5.18. The molecule has 7 heteroatoms. The van der Waals surface area contributed by atoms with E-state index in [1.165, 1.54) is 6.07 Å². The highest BCUT2D eigenvalue weighted by Gasteiger charge is 2.21. The Balaban J connectivity index is 2.04. The van der Waals surface area contributed by atoms with E-state index in [2.05, 4.69) is 15.3 Å². The number of nitrogens with one attached hydrogen (secondary N) is 2. The van der Waals surface area contributed by atoms with Crippen molar-refractivity contribution >= 4 is 17.7 Å². The van der Waals surface area contributed by atoms with Crippen molar-refractivity contribution in [1.82, 2.24) is 14.9 Å². The van der Waals surface area contributed by atoms with Crippen LogP contribution in [0, 0.1) is 0 Å². The first-order valence-corrected chi connectivity index (χ1v) is 5.93. The minimum atomic E-state index is -0.288. The smallest absolute Gasteiger partial charge is 0.254 e. The van der Waals surface area contributed by atoms with E-state index < -0.39 is 0 Å². The SMILES string of the molecule is CC(=O)N1CCC[C@@H](Nc2cc(=O)[nH]c(N)n2)C1. The molecular formula is C11H17N5O2. The molecule has 1 aromatic rings. The Morgan fingerprint density at radius 3 is 3.11 bits per heavy atom. The van der Waals surface area contributed by atoms with Crippen LogP contribution in [0.2, 0.25) is 0 Å². The maximum absolute atomic E-state index is 11.3. The van der Waals surface area contributed by atoms with Crippen LogP contribution >= 0.6 is 0 Å². The van der Waals surface area contributed by atoms with Crippen LogP contribution in [-0.4, -0.2) is 39.9 Å². The van der Waals surface area contributed by atoms with Crippen LogP contribution in [0.1, 0.15) is 19.8 Å². The summed E-state index contributed by atoms with van der Waals surface area (Å²) >= 11 is 0. The number of carbonyl (C=O) groups excluding carboxylic acids is 1. The molecule has 2 rings (SSSR count). The zero-order valence-electron chi connectivity index (χ0n) is 10.3. The van der Waals surface area contributed by atoms with Crippen LogP contribution in [0.4, 0.5) is 11.8 Å². The molecule has 1 atom stereocenters. The predicted octanol–water partition coefficient (Wildman–Crippen LogP) is -0.225. The number of nitrogens with two attached hydrogens (primary N) is 1. The first kappa shape index (κ1) is 12.4. The van der Waals surface area contributed by atoms with Gasteiger partial charge in [-0.3, -0.25) is 14.6 Å². The van der Waals surface area contributed by atoms with E-state index in [1.54, 1.807) is 11.8 Å². The first-order chi connectivity index (χ1) is 8.54. The zero-order valence-corrected chi connectivity index (χ0v) is 10.3. The van der Waals surface area contributed by atoms with Gasteiger partial charge in [0.25, 0.3) is 5.56 Å². The van der Waals surface area contributed by atoms with Crippen molar-refractivity contribution in [1.29, 1.82) is 0 Å². The molecule has 1 aromatic heterocycles. The second-order valence-electron chi connectivity index (χ2n) is 4.46. The predicted molar refractivity (Wildman–Crippen MR) is 68.2 cm³/mol. The van der Waals surface area contributed by atoms with Gasteiger partial charge in [-0.2, -0.15) is 4.98 Å². The number of nitrogens with zero attached hydrogens (tertiary/aromatic N) is 2. The van der Waals surface area contributed by atoms with E-state index in [0.29, 0.717) is 12.4 Å². The van der Waals surface area contributed by atoms with E-state index in [4.69, 9.17) is 5.73 Å². The third-order valence-electron chi connectivity index (χ3n) is 2.98. The van der Waals surface area contributed by atoms with Crippen molar-refractivity contribution in [3.8, 4) is 0 Å². The lowest BCUT2D eigenvalue weighted by Crippen LogP contribution is -2.44. The van der Waals surface area contributed by atoms with Gasteiger partial charge in [-0.1, -0.05) is 0 Å². The van der Waals surface area contributed by atoms with Gasteiger partial charge in [-0.05, 0) is 12.8 Å². The van der Waals surface area contributed by atoms with Gasteiger partial charge in [0, 0.05) is 32.1 Å². The fourth-order valence-electron chi connectivity index (χ4n) is 2.14. The monoisotopic (exact) mass is 251 g/mol. The molecule has 1 saturated heterocycles. The van der Waals surface area contributed by atoms with Crippen molar-refractivity contribution in [2.24, 2.45) is 0 Å². The van der Waals surface area contributed by atoms with E-state index >= 15 is 0 Å². The topological polar surface area (TPSA) is 104 Å². The van der Waals surface area contributed by atoms with E-state index in [1.807, 2.05) is 0 Å². The van der Waals surface area contributed by atoms with Crippen molar-refractivity contribution in [2.75, 3.05) is 24.1 Å². The van der Waals surface area contributed by atoms with Gasteiger partial charge in [0.1, 0.15) is 5.82 Å². The fourth-order valence-corrected chi connectivity index (χ4v) is 2.14. The number of likely N-dealkylation sites (tertiary alicyclic amines) is 1. The van der Waals surface area contributed by atoms with Crippen molar-refractivity contribution in [3.05, 3.63) is 16.4 Å².